The van der Waals surface area contributed by atoms with Crippen LogP contribution in [0.15, 0.2) is 60.0 Å². The molecular weight excluding hydrogens is 325 g/mol. The van der Waals surface area contributed by atoms with Crippen molar-refractivity contribution < 1.29 is 4.39 Å². The van der Waals surface area contributed by atoms with Crippen LogP contribution in [0.3, 0.4) is 0 Å². The Balaban J connectivity index is 1.71. The summed E-state index contributed by atoms with van der Waals surface area (Å²) in [6.07, 6.45) is 0. The normalized spacial score (nSPS) is 10.9. The molecule has 0 fully saturated rings. The Hall–Kier alpha value is -3.06. The molecule has 0 saturated carbocycles. The number of halogens is 1. The zero-order valence-corrected chi connectivity index (χ0v) is 13.2. The lowest BCUT2D eigenvalue weighted by Gasteiger charge is -2.02. The topological polar surface area (TPSA) is 69.6 Å². The second-order valence-electron chi connectivity index (χ2n) is 5.12. The molecule has 2 N–H and O–H groups in total. The number of rotatable bonds is 3. The van der Waals surface area contributed by atoms with Crippen LogP contribution in [0, 0.1) is 5.82 Å². The first-order valence-corrected chi connectivity index (χ1v) is 8.09. The van der Waals surface area contributed by atoms with Crippen LogP contribution in [0.25, 0.3) is 27.6 Å². The van der Waals surface area contributed by atoms with Gasteiger partial charge in [-0.05, 0) is 24.3 Å². The number of hydrogen-bond acceptors (Lipinski definition) is 5. The summed E-state index contributed by atoms with van der Waals surface area (Å²) in [5.74, 6) is 0.0562. The van der Waals surface area contributed by atoms with E-state index in [0.29, 0.717) is 22.2 Å². The third-order valence-electron chi connectivity index (χ3n) is 3.55. The van der Waals surface area contributed by atoms with Crippen molar-refractivity contribution in [3.63, 3.8) is 0 Å². The standard InChI is InChI=1S/C17H12FN5S/c18-12-6-8-13(9-7-12)23-16(19)15(21-22-23)17-20-14(10-24-17)11-4-2-1-3-5-11/h1-10H,19H2. The molecule has 0 unspecified atom stereocenters. The fourth-order valence-electron chi connectivity index (χ4n) is 2.34. The third-order valence-corrected chi connectivity index (χ3v) is 4.40. The molecule has 2 heterocycles. The summed E-state index contributed by atoms with van der Waals surface area (Å²) in [6.45, 7) is 0. The van der Waals surface area contributed by atoms with E-state index in [-0.39, 0.29) is 5.82 Å². The van der Waals surface area contributed by atoms with E-state index in [4.69, 9.17) is 5.73 Å². The lowest BCUT2D eigenvalue weighted by molar-refractivity contribution is 0.627. The van der Waals surface area contributed by atoms with E-state index in [1.807, 2.05) is 35.7 Å². The summed E-state index contributed by atoms with van der Waals surface area (Å²) < 4.78 is 14.5. The summed E-state index contributed by atoms with van der Waals surface area (Å²) in [4.78, 5) is 4.60. The number of nitrogens with zero attached hydrogens (tertiary/aromatic N) is 4. The Morgan fingerprint density at radius 1 is 1.00 bits per heavy atom. The van der Waals surface area contributed by atoms with Gasteiger partial charge in [-0.25, -0.2) is 9.37 Å². The molecule has 5 nitrogen and oxygen atoms in total. The van der Waals surface area contributed by atoms with Gasteiger partial charge in [-0.2, -0.15) is 4.68 Å². The number of benzene rings is 2. The number of hydrogen-bond donors (Lipinski definition) is 1. The predicted octanol–water partition coefficient (Wildman–Crippen LogP) is 3.78. The number of anilines is 1. The molecule has 0 spiro atoms. The largest absolute Gasteiger partial charge is 0.382 e. The van der Waals surface area contributed by atoms with E-state index in [2.05, 4.69) is 15.3 Å². The van der Waals surface area contributed by atoms with Gasteiger partial charge in [-0.3, -0.25) is 0 Å². The SMILES string of the molecule is Nc1c(-c2nc(-c3ccccc3)cs2)nnn1-c1ccc(F)cc1. The minimum Gasteiger partial charge on any atom is -0.382 e. The minimum atomic E-state index is -0.315. The third kappa shape index (κ3) is 2.55. The molecule has 0 bridgehead atoms. The molecule has 2 aromatic heterocycles. The van der Waals surface area contributed by atoms with E-state index in [0.717, 1.165) is 11.3 Å². The van der Waals surface area contributed by atoms with Crippen LogP contribution in [0.4, 0.5) is 10.2 Å². The maximum atomic E-state index is 13.1. The van der Waals surface area contributed by atoms with E-state index >= 15 is 0 Å². The maximum Gasteiger partial charge on any atom is 0.165 e. The van der Waals surface area contributed by atoms with Crippen LogP contribution < -0.4 is 5.73 Å². The first kappa shape index (κ1) is 14.5. The van der Waals surface area contributed by atoms with Crippen molar-refractivity contribution in [3.8, 4) is 27.6 Å². The van der Waals surface area contributed by atoms with Crippen molar-refractivity contribution >= 4 is 17.2 Å². The van der Waals surface area contributed by atoms with Gasteiger partial charge in [0.1, 0.15) is 10.8 Å². The molecule has 24 heavy (non-hydrogen) atoms. The second-order valence-corrected chi connectivity index (χ2v) is 5.97. The Morgan fingerprint density at radius 2 is 1.75 bits per heavy atom. The highest BCUT2D eigenvalue weighted by atomic mass is 32.1. The van der Waals surface area contributed by atoms with Crippen LogP contribution in [0.1, 0.15) is 0 Å². The minimum absolute atomic E-state index is 0.315. The van der Waals surface area contributed by atoms with Gasteiger partial charge in [-0.1, -0.05) is 35.5 Å². The zero-order valence-electron chi connectivity index (χ0n) is 12.4. The number of nitrogens with two attached hydrogens (primary N) is 1. The van der Waals surface area contributed by atoms with Gasteiger partial charge >= 0.3 is 0 Å². The molecule has 0 atom stereocenters. The van der Waals surface area contributed by atoms with Crippen LogP contribution in [0.2, 0.25) is 0 Å². The maximum absolute atomic E-state index is 13.1. The quantitative estimate of drug-likeness (QED) is 0.618. The van der Waals surface area contributed by atoms with Crippen LogP contribution in [-0.2, 0) is 0 Å². The van der Waals surface area contributed by atoms with Crippen molar-refractivity contribution in [2.45, 2.75) is 0 Å². The summed E-state index contributed by atoms with van der Waals surface area (Å²) in [7, 11) is 0. The van der Waals surface area contributed by atoms with Gasteiger partial charge in [0.15, 0.2) is 11.5 Å². The monoisotopic (exact) mass is 337 g/mol. The van der Waals surface area contributed by atoms with E-state index in [1.165, 1.54) is 28.2 Å². The fourth-order valence-corrected chi connectivity index (χ4v) is 3.16. The van der Waals surface area contributed by atoms with Crippen molar-refractivity contribution in [2.75, 3.05) is 5.73 Å². The molecular formula is C17H12FN5S. The summed E-state index contributed by atoms with van der Waals surface area (Å²) >= 11 is 1.46. The van der Waals surface area contributed by atoms with Crippen molar-refractivity contribution in [1.29, 1.82) is 0 Å². The van der Waals surface area contributed by atoms with Gasteiger partial charge in [0.05, 0.1) is 11.4 Å². The van der Waals surface area contributed by atoms with Gasteiger partial charge in [-0.15, -0.1) is 16.4 Å². The second kappa shape index (κ2) is 5.86. The summed E-state index contributed by atoms with van der Waals surface area (Å²) in [6, 6.07) is 15.8. The van der Waals surface area contributed by atoms with Crippen molar-refractivity contribution in [3.05, 3.63) is 65.8 Å². The predicted molar refractivity (Wildman–Crippen MR) is 92.3 cm³/mol. The zero-order chi connectivity index (χ0) is 16.5. The molecule has 118 valence electrons. The van der Waals surface area contributed by atoms with Crippen LogP contribution in [-0.4, -0.2) is 20.0 Å². The molecule has 0 saturated heterocycles. The number of aromatic nitrogens is 4. The molecule has 0 aliphatic heterocycles. The first-order chi connectivity index (χ1) is 11.7. The van der Waals surface area contributed by atoms with Crippen molar-refractivity contribution in [2.24, 2.45) is 0 Å². The van der Waals surface area contributed by atoms with E-state index < -0.39 is 0 Å². The fraction of sp³-hybridized carbons (Fsp3) is 0. The van der Waals surface area contributed by atoms with Crippen LogP contribution in [0.5, 0.6) is 0 Å². The van der Waals surface area contributed by atoms with E-state index in [1.54, 1.807) is 12.1 Å². The Kier molecular flexibility index (Phi) is 3.55. The molecule has 0 amide bonds. The Labute approximate surface area is 141 Å². The number of thiazole rings is 1. The van der Waals surface area contributed by atoms with Gasteiger partial charge < -0.3 is 5.73 Å². The molecule has 7 heteroatoms. The highest BCUT2D eigenvalue weighted by Crippen LogP contribution is 2.31. The van der Waals surface area contributed by atoms with Gasteiger partial charge in [0.25, 0.3) is 0 Å². The highest BCUT2D eigenvalue weighted by Gasteiger charge is 2.16. The van der Waals surface area contributed by atoms with E-state index in [9.17, 15) is 4.39 Å². The highest BCUT2D eigenvalue weighted by molar-refractivity contribution is 7.13. The number of nitrogen functional groups attached to an aromatic ring is 1. The smallest absolute Gasteiger partial charge is 0.165 e. The van der Waals surface area contributed by atoms with Gasteiger partial charge in [0.2, 0.25) is 0 Å². The molecule has 0 aliphatic rings. The average Bonchev–Trinajstić information content (AvgIpc) is 3.23. The molecule has 4 rings (SSSR count). The molecule has 0 radical (unpaired) electrons. The lowest BCUT2D eigenvalue weighted by atomic mass is 10.2. The Bertz CT molecular complexity index is 976. The molecule has 0 aliphatic carbocycles. The Morgan fingerprint density at radius 3 is 2.50 bits per heavy atom. The summed E-state index contributed by atoms with van der Waals surface area (Å²) in [5.41, 5.74) is 9.23. The first-order valence-electron chi connectivity index (χ1n) is 7.21. The van der Waals surface area contributed by atoms with Crippen molar-refractivity contribution in [1.82, 2.24) is 20.0 Å². The average molecular weight is 337 g/mol. The lowest BCUT2D eigenvalue weighted by Crippen LogP contribution is -2.02. The van der Waals surface area contributed by atoms with Gasteiger partial charge in [0, 0.05) is 10.9 Å². The summed E-state index contributed by atoms with van der Waals surface area (Å²) in [5, 5.41) is 10.8. The molecule has 4 aromatic rings. The van der Waals surface area contributed by atoms with Crippen LogP contribution >= 0.6 is 11.3 Å². The molecule has 2 aromatic carbocycles.